The van der Waals surface area contributed by atoms with Crippen molar-refractivity contribution in [2.24, 2.45) is 0 Å². The van der Waals surface area contributed by atoms with Gasteiger partial charge >= 0.3 is 5.97 Å². The van der Waals surface area contributed by atoms with Crippen LogP contribution in [0.3, 0.4) is 0 Å². The first-order chi connectivity index (χ1) is 8.12. The van der Waals surface area contributed by atoms with E-state index in [2.05, 4.69) is 20.8 Å². The fourth-order valence-electron chi connectivity index (χ4n) is 2.77. The molecule has 17 heavy (non-hydrogen) atoms. The van der Waals surface area contributed by atoms with E-state index in [9.17, 15) is 4.79 Å². The molecule has 0 saturated carbocycles. The Morgan fingerprint density at radius 2 is 1.82 bits per heavy atom. The standard InChI is InChI=1S/C14H26O3/c1-5-9-11-13(7-3)14(17-13,10-6-2)12(15)16-8-4/h5-11H2,1-4H3. The maximum Gasteiger partial charge on any atom is 0.341 e. The normalized spacial score (nSPS) is 31.3. The SMILES string of the molecule is CCCCC1(CC)OC1(CCC)C(=O)OCC. The Kier molecular flexibility index (Phi) is 4.99. The molecule has 0 spiro atoms. The summed E-state index contributed by atoms with van der Waals surface area (Å²) in [6.07, 6.45) is 5.84. The molecule has 1 rings (SSSR count). The first-order valence-corrected chi connectivity index (χ1v) is 6.99. The second-order valence-electron chi connectivity index (χ2n) is 4.85. The van der Waals surface area contributed by atoms with Gasteiger partial charge < -0.3 is 9.47 Å². The Bertz CT molecular complexity index is 264. The monoisotopic (exact) mass is 242 g/mol. The van der Waals surface area contributed by atoms with Gasteiger partial charge in [0.1, 0.15) is 5.60 Å². The van der Waals surface area contributed by atoms with Gasteiger partial charge in [-0.05, 0) is 26.2 Å². The third-order valence-corrected chi connectivity index (χ3v) is 3.78. The minimum Gasteiger partial charge on any atom is -0.464 e. The van der Waals surface area contributed by atoms with E-state index in [1.165, 1.54) is 0 Å². The molecule has 0 aromatic rings. The van der Waals surface area contributed by atoms with E-state index < -0.39 is 5.60 Å². The smallest absolute Gasteiger partial charge is 0.341 e. The van der Waals surface area contributed by atoms with E-state index in [1.807, 2.05) is 6.92 Å². The molecule has 0 N–H and O–H groups in total. The van der Waals surface area contributed by atoms with Gasteiger partial charge in [0, 0.05) is 0 Å². The zero-order valence-electron chi connectivity index (χ0n) is 11.7. The van der Waals surface area contributed by atoms with Crippen molar-refractivity contribution in [1.82, 2.24) is 0 Å². The molecule has 0 aromatic carbocycles. The van der Waals surface area contributed by atoms with E-state index >= 15 is 0 Å². The van der Waals surface area contributed by atoms with E-state index in [4.69, 9.17) is 9.47 Å². The highest BCUT2D eigenvalue weighted by Gasteiger charge is 2.73. The fraction of sp³-hybridized carbons (Fsp3) is 0.929. The zero-order valence-corrected chi connectivity index (χ0v) is 11.7. The molecule has 100 valence electrons. The summed E-state index contributed by atoms with van der Waals surface area (Å²) >= 11 is 0. The lowest BCUT2D eigenvalue weighted by Gasteiger charge is -2.17. The van der Waals surface area contributed by atoms with Crippen LogP contribution in [0.5, 0.6) is 0 Å². The molecule has 1 saturated heterocycles. The van der Waals surface area contributed by atoms with Crippen LogP contribution in [0.15, 0.2) is 0 Å². The zero-order chi connectivity index (χ0) is 12.9. The van der Waals surface area contributed by atoms with E-state index in [0.29, 0.717) is 6.61 Å². The minimum absolute atomic E-state index is 0.153. The molecule has 1 aliphatic heterocycles. The maximum absolute atomic E-state index is 12.1. The van der Waals surface area contributed by atoms with Crippen LogP contribution < -0.4 is 0 Å². The summed E-state index contributed by atoms with van der Waals surface area (Å²) in [6.45, 7) is 8.63. The number of unbranched alkanes of at least 4 members (excludes halogenated alkanes) is 1. The minimum atomic E-state index is -0.637. The van der Waals surface area contributed by atoms with Crippen molar-refractivity contribution in [1.29, 1.82) is 0 Å². The summed E-state index contributed by atoms with van der Waals surface area (Å²) in [4.78, 5) is 12.1. The number of carbonyl (C=O) groups is 1. The van der Waals surface area contributed by atoms with Gasteiger partial charge in [0.25, 0.3) is 0 Å². The number of hydrogen-bond donors (Lipinski definition) is 0. The van der Waals surface area contributed by atoms with Crippen molar-refractivity contribution in [2.45, 2.75) is 77.4 Å². The van der Waals surface area contributed by atoms with Gasteiger partial charge in [-0.3, -0.25) is 0 Å². The van der Waals surface area contributed by atoms with Crippen LogP contribution in [-0.2, 0) is 14.3 Å². The summed E-state index contributed by atoms with van der Waals surface area (Å²) in [7, 11) is 0. The molecule has 0 aliphatic carbocycles. The van der Waals surface area contributed by atoms with Crippen molar-refractivity contribution >= 4 is 5.97 Å². The van der Waals surface area contributed by atoms with Gasteiger partial charge in [-0.25, -0.2) is 4.79 Å². The first-order valence-electron chi connectivity index (χ1n) is 6.99. The third-order valence-electron chi connectivity index (χ3n) is 3.78. The Balaban J connectivity index is 2.77. The van der Waals surface area contributed by atoms with Crippen LogP contribution in [-0.4, -0.2) is 23.8 Å². The van der Waals surface area contributed by atoms with Crippen molar-refractivity contribution in [3.63, 3.8) is 0 Å². The third kappa shape index (κ3) is 2.49. The van der Waals surface area contributed by atoms with Crippen molar-refractivity contribution < 1.29 is 14.3 Å². The first kappa shape index (κ1) is 14.5. The molecule has 2 unspecified atom stereocenters. The summed E-state index contributed by atoms with van der Waals surface area (Å²) in [5.74, 6) is -0.153. The lowest BCUT2D eigenvalue weighted by molar-refractivity contribution is -0.149. The Labute approximate surface area is 105 Å². The molecule has 0 radical (unpaired) electrons. The second kappa shape index (κ2) is 5.85. The predicted molar refractivity (Wildman–Crippen MR) is 67.9 cm³/mol. The average molecular weight is 242 g/mol. The van der Waals surface area contributed by atoms with Crippen LogP contribution in [0.1, 0.15) is 66.2 Å². The highest BCUT2D eigenvalue weighted by atomic mass is 16.7. The number of carbonyl (C=O) groups excluding carboxylic acids is 1. The largest absolute Gasteiger partial charge is 0.464 e. The van der Waals surface area contributed by atoms with Gasteiger partial charge in [-0.2, -0.15) is 0 Å². The van der Waals surface area contributed by atoms with Gasteiger partial charge in [0.05, 0.1) is 6.61 Å². The molecule has 1 heterocycles. The number of ether oxygens (including phenoxy) is 2. The maximum atomic E-state index is 12.1. The number of rotatable bonds is 8. The predicted octanol–water partition coefficient (Wildman–Crippen LogP) is 3.46. The molecular formula is C14H26O3. The highest BCUT2D eigenvalue weighted by Crippen LogP contribution is 2.57. The Morgan fingerprint density at radius 3 is 2.29 bits per heavy atom. The molecule has 0 aromatic heterocycles. The van der Waals surface area contributed by atoms with Crippen LogP contribution in [0.2, 0.25) is 0 Å². The van der Waals surface area contributed by atoms with Gasteiger partial charge in [-0.1, -0.05) is 40.0 Å². The van der Waals surface area contributed by atoms with E-state index in [-0.39, 0.29) is 11.6 Å². The lowest BCUT2D eigenvalue weighted by Crippen LogP contribution is -2.35. The van der Waals surface area contributed by atoms with Crippen molar-refractivity contribution in [3.8, 4) is 0 Å². The molecule has 2 atom stereocenters. The molecular weight excluding hydrogens is 216 g/mol. The average Bonchev–Trinajstić information content (AvgIpc) is 2.97. The molecule has 1 fully saturated rings. The number of hydrogen-bond acceptors (Lipinski definition) is 3. The molecule has 0 bridgehead atoms. The summed E-state index contributed by atoms with van der Waals surface area (Å²) in [5.41, 5.74) is -0.882. The van der Waals surface area contributed by atoms with Crippen LogP contribution in [0.25, 0.3) is 0 Å². The van der Waals surface area contributed by atoms with E-state index in [1.54, 1.807) is 0 Å². The van der Waals surface area contributed by atoms with Crippen LogP contribution >= 0.6 is 0 Å². The van der Waals surface area contributed by atoms with Gasteiger partial charge in [0.15, 0.2) is 5.60 Å². The van der Waals surface area contributed by atoms with Crippen molar-refractivity contribution in [3.05, 3.63) is 0 Å². The Morgan fingerprint density at radius 1 is 1.12 bits per heavy atom. The Hall–Kier alpha value is -0.570. The second-order valence-corrected chi connectivity index (χ2v) is 4.85. The summed E-state index contributed by atoms with van der Waals surface area (Å²) in [5, 5.41) is 0. The molecule has 3 heteroatoms. The number of esters is 1. The van der Waals surface area contributed by atoms with Crippen molar-refractivity contribution in [2.75, 3.05) is 6.61 Å². The topological polar surface area (TPSA) is 38.8 Å². The lowest BCUT2D eigenvalue weighted by atomic mass is 9.83. The summed E-state index contributed by atoms with van der Waals surface area (Å²) in [6, 6.07) is 0. The van der Waals surface area contributed by atoms with Crippen LogP contribution in [0.4, 0.5) is 0 Å². The fourth-order valence-corrected chi connectivity index (χ4v) is 2.77. The van der Waals surface area contributed by atoms with Gasteiger partial charge in [-0.15, -0.1) is 0 Å². The van der Waals surface area contributed by atoms with Crippen LogP contribution in [0, 0.1) is 0 Å². The molecule has 1 aliphatic rings. The van der Waals surface area contributed by atoms with Gasteiger partial charge in [0.2, 0.25) is 0 Å². The highest BCUT2D eigenvalue weighted by molar-refractivity contribution is 5.85. The van der Waals surface area contributed by atoms with E-state index in [0.717, 1.165) is 38.5 Å². The summed E-state index contributed by atoms with van der Waals surface area (Å²) < 4.78 is 11.1. The number of epoxide rings is 1. The quantitative estimate of drug-likeness (QED) is 0.483. The molecule has 3 nitrogen and oxygen atoms in total. The molecule has 0 amide bonds.